The van der Waals surface area contributed by atoms with Crippen molar-refractivity contribution in [2.75, 3.05) is 13.1 Å². The normalized spacial score (nSPS) is 14.1. The van der Waals surface area contributed by atoms with Crippen LogP contribution in [0.5, 0.6) is 0 Å². The van der Waals surface area contributed by atoms with Crippen LogP contribution in [-0.4, -0.2) is 24.8 Å². The third-order valence-corrected chi connectivity index (χ3v) is 4.17. The number of hydrazone groups is 1. The lowest BCUT2D eigenvalue weighted by Gasteiger charge is -2.13. The third kappa shape index (κ3) is 6.26. The van der Waals surface area contributed by atoms with Crippen LogP contribution >= 0.6 is 0 Å². The summed E-state index contributed by atoms with van der Waals surface area (Å²) in [5.74, 6) is 0.728. The van der Waals surface area contributed by atoms with E-state index in [4.69, 9.17) is 0 Å². The molecule has 27 heavy (non-hydrogen) atoms. The molecular formula is C23H26N4. The molecule has 2 aromatic rings. The minimum absolute atomic E-state index is 0.728. The fraction of sp³-hybridized carbons (Fsp3) is 0.217. The van der Waals surface area contributed by atoms with Gasteiger partial charge in [-0.3, -0.25) is 4.99 Å². The van der Waals surface area contributed by atoms with Crippen molar-refractivity contribution < 1.29 is 0 Å². The van der Waals surface area contributed by atoms with Crippen LogP contribution in [0, 0.1) is 13.8 Å². The molecule has 3 rings (SSSR count). The quantitative estimate of drug-likeness (QED) is 0.617. The molecule has 2 aromatic carbocycles. The van der Waals surface area contributed by atoms with Gasteiger partial charge in [-0.1, -0.05) is 71.8 Å². The molecule has 0 aliphatic carbocycles. The zero-order valence-electron chi connectivity index (χ0n) is 15.9. The largest absolute Gasteiger partial charge is 0.355 e. The third-order valence-electron chi connectivity index (χ3n) is 4.17. The zero-order chi connectivity index (χ0) is 18.9. The van der Waals surface area contributed by atoms with E-state index in [-0.39, 0.29) is 0 Å². The van der Waals surface area contributed by atoms with Gasteiger partial charge in [0.05, 0.1) is 5.71 Å². The van der Waals surface area contributed by atoms with Crippen molar-refractivity contribution in [3.63, 3.8) is 0 Å². The minimum Gasteiger partial charge on any atom is -0.355 e. The smallest absolute Gasteiger partial charge is 0.212 e. The molecule has 0 unspecified atom stereocenters. The summed E-state index contributed by atoms with van der Waals surface area (Å²) < 4.78 is 0. The van der Waals surface area contributed by atoms with Gasteiger partial charge in [0.25, 0.3) is 0 Å². The maximum atomic E-state index is 4.52. The van der Waals surface area contributed by atoms with Crippen molar-refractivity contribution in [3.8, 4) is 0 Å². The minimum atomic E-state index is 0.728. The van der Waals surface area contributed by atoms with Crippen LogP contribution in [0.4, 0.5) is 0 Å². The van der Waals surface area contributed by atoms with Gasteiger partial charge in [0.1, 0.15) is 0 Å². The van der Waals surface area contributed by atoms with Crippen LogP contribution in [0.3, 0.4) is 0 Å². The van der Waals surface area contributed by atoms with Gasteiger partial charge in [0.15, 0.2) is 0 Å². The van der Waals surface area contributed by atoms with Gasteiger partial charge in [-0.05, 0) is 43.5 Å². The first-order valence-electron chi connectivity index (χ1n) is 9.30. The topological polar surface area (TPSA) is 48.8 Å². The Hall–Kier alpha value is -3.14. The predicted octanol–water partition coefficient (Wildman–Crippen LogP) is 4.32. The Balaban J connectivity index is 1.80. The Bertz CT molecular complexity index is 833. The monoisotopic (exact) mass is 358 g/mol. The van der Waals surface area contributed by atoms with E-state index in [1.807, 2.05) is 12.2 Å². The number of rotatable bonds is 5. The van der Waals surface area contributed by atoms with Crippen LogP contribution in [0.25, 0.3) is 12.2 Å². The van der Waals surface area contributed by atoms with E-state index in [9.17, 15) is 0 Å². The van der Waals surface area contributed by atoms with Crippen LogP contribution in [-0.2, 0) is 0 Å². The van der Waals surface area contributed by atoms with Crippen LogP contribution in [0.1, 0.15) is 28.7 Å². The summed E-state index contributed by atoms with van der Waals surface area (Å²) in [6, 6.07) is 16.8. The second kappa shape index (κ2) is 9.53. The van der Waals surface area contributed by atoms with Gasteiger partial charge >= 0.3 is 0 Å². The highest BCUT2D eigenvalue weighted by Gasteiger charge is 2.02. The molecule has 1 aliphatic rings. The molecule has 0 atom stereocenters. The van der Waals surface area contributed by atoms with E-state index in [0.29, 0.717) is 0 Å². The summed E-state index contributed by atoms with van der Waals surface area (Å²) in [5, 5.41) is 7.74. The second-order valence-electron chi connectivity index (χ2n) is 6.65. The molecular weight excluding hydrogens is 332 g/mol. The van der Waals surface area contributed by atoms with Crippen LogP contribution < -0.4 is 10.7 Å². The number of hydrogen-bond acceptors (Lipinski definition) is 4. The van der Waals surface area contributed by atoms with Gasteiger partial charge in [0, 0.05) is 13.1 Å². The molecule has 4 nitrogen and oxygen atoms in total. The van der Waals surface area contributed by atoms with Gasteiger partial charge in [-0.2, -0.15) is 5.10 Å². The lowest BCUT2D eigenvalue weighted by molar-refractivity contribution is 0.711. The van der Waals surface area contributed by atoms with E-state index in [0.717, 1.165) is 42.3 Å². The molecule has 0 saturated carbocycles. The molecule has 0 spiro atoms. The number of hydrogen-bond donors (Lipinski definition) is 2. The summed E-state index contributed by atoms with van der Waals surface area (Å²) in [7, 11) is 0. The van der Waals surface area contributed by atoms with Gasteiger partial charge in [-0.25, -0.2) is 5.43 Å². The van der Waals surface area contributed by atoms with E-state index < -0.39 is 0 Å². The summed E-state index contributed by atoms with van der Waals surface area (Å²) in [4.78, 5) is 4.40. The Morgan fingerprint density at radius 2 is 1.63 bits per heavy atom. The van der Waals surface area contributed by atoms with Gasteiger partial charge < -0.3 is 5.32 Å². The second-order valence-corrected chi connectivity index (χ2v) is 6.65. The molecule has 1 heterocycles. The molecule has 0 aromatic heterocycles. The average molecular weight is 358 g/mol. The number of nitrogens with zero attached hydrogens (tertiary/aromatic N) is 2. The van der Waals surface area contributed by atoms with Crippen molar-refractivity contribution in [1.29, 1.82) is 0 Å². The molecule has 0 fully saturated rings. The Labute approximate surface area is 161 Å². The Morgan fingerprint density at radius 1 is 1.00 bits per heavy atom. The molecule has 0 saturated heterocycles. The van der Waals surface area contributed by atoms with Crippen molar-refractivity contribution in [3.05, 3.63) is 82.9 Å². The molecule has 4 heteroatoms. The van der Waals surface area contributed by atoms with E-state index in [1.165, 1.54) is 11.1 Å². The van der Waals surface area contributed by atoms with E-state index in [2.05, 4.69) is 95.4 Å². The van der Waals surface area contributed by atoms with Gasteiger partial charge in [0.2, 0.25) is 5.96 Å². The number of allylic oxidation sites excluding steroid dienone is 2. The predicted molar refractivity (Wildman–Crippen MR) is 116 cm³/mol. The number of guanidine groups is 1. The maximum absolute atomic E-state index is 4.52. The van der Waals surface area contributed by atoms with Gasteiger partial charge in [-0.15, -0.1) is 0 Å². The number of aliphatic imine (C=N–C) groups is 1. The van der Waals surface area contributed by atoms with Crippen molar-refractivity contribution in [2.24, 2.45) is 10.1 Å². The van der Waals surface area contributed by atoms with Crippen molar-refractivity contribution >= 4 is 23.8 Å². The Morgan fingerprint density at radius 3 is 2.15 bits per heavy atom. The van der Waals surface area contributed by atoms with Crippen LogP contribution in [0.15, 0.2) is 70.8 Å². The highest BCUT2D eigenvalue weighted by Crippen LogP contribution is 2.08. The maximum Gasteiger partial charge on any atom is 0.212 e. The van der Waals surface area contributed by atoms with Crippen molar-refractivity contribution in [1.82, 2.24) is 10.7 Å². The fourth-order valence-electron chi connectivity index (χ4n) is 2.77. The molecule has 0 amide bonds. The summed E-state index contributed by atoms with van der Waals surface area (Å²) in [6.07, 6.45) is 9.23. The lowest BCUT2D eigenvalue weighted by Crippen LogP contribution is -2.38. The summed E-state index contributed by atoms with van der Waals surface area (Å²) >= 11 is 0. The SMILES string of the molecule is Cc1cccc(/C=C/C(/C=C/c2cccc(C)c2)=NNC2=NCCCN2)c1. The summed E-state index contributed by atoms with van der Waals surface area (Å²) in [6.45, 7) is 5.95. The summed E-state index contributed by atoms with van der Waals surface area (Å²) in [5.41, 5.74) is 8.65. The average Bonchev–Trinajstić information content (AvgIpc) is 2.68. The number of benzene rings is 2. The number of aryl methyl sites for hydroxylation is 2. The van der Waals surface area contributed by atoms with E-state index >= 15 is 0 Å². The lowest BCUT2D eigenvalue weighted by atomic mass is 10.1. The van der Waals surface area contributed by atoms with E-state index in [1.54, 1.807) is 0 Å². The highest BCUT2D eigenvalue weighted by atomic mass is 15.4. The first kappa shape index (κ1) is 18.6. The molecule has 138 valence electrons. The standard InChI is InChI=1S/C23H26N4/c1-18-6-3-8-20(16-18)10-12-22(26-27-23-24-14-5-15-25-23)13-11-21-9-4-7-19(2)17-21/h3-4,6-13,16-17H,5,14-15H2,1-2H3,(H2,24,25,27)/b12-10+,13-11+. The first-order chi connectivity index (χ1) is 13.2. The van der Waals surface area contributed by atoms with Crippen molar-refractivity contribution in [2.45, 2.75) is 20.3 Å². The Kier molecular flexibility index (Phi) is 6.58. The number of nitrogens with one attached hydrogen (secondary N) is 2. The molecule has 0 bridgehead atoms. The first-order valence-corrected chi connectivity index (χ1v) is 9.30. The molecule has 0 radical (unpaired) electrons. The highest BCUT2D eigenvalue weighted by molar-refractivity contribution is 6.09. The fourth-order valence-corrected chi connectivity index (χ4v) is 2.77. The molecule has 1 aliphatic heterocycles. The van der Waals surface area contributed by atoms with Crippen LogP contribution in [0.2, 0.25) is 0 Å². The zero-order valence-corrected chi connectivity index (χ0v) is 15.9. The molecule has 2 N–H and O–H groups in total.